The van der Waals surface area contributed by atoms with Crippen LogP contribution in [0.3, 0.4) is 0 Å². The normalized spacial score (nSPS) is 12.1. The predicted molar refractivity (Wildman–Crippen MR) is 115 cm³/mol. The highest BCUT2D eigenvalue weighted by Gasteiger charge is 2.20. The van der Waals surface area contributed by atoms with Crippen molar-refractivity contribution in [2.75, 3.05) is 19.5 Å². The molecule has 1 aromatic heterocycles. The van der Waals surface area contributed by atoms with Gasteiger partial charge in [0.15, 0.2) is 0 Å². The molecule has 1 atom stereocenters. The Hall–Kier alpha value is -2.53. The molecule has 2 aromatic carbocycles. The second kappa shape index (κ2) is 9.60. The summed E-state index contributed by atoms with van der Waals surface area (Å²) >= 11 is 1.54. The first kappa shape index (κ1) is 20.2. The second-order valence-electron chi connectivity index (χ2n) is 7.39. The van der Waals surface area contributed by atoms with Gasteiger partial charge < -0.3 is 9.47 Å². The molecule has 0 aliphatic carbocycles. The smallest absolute Gasteiger partial charge is 0.329 e. The molecule has 3 N–H and O–H groups in total. The van der Waals surface area contributed by atoms with Crippen LogP contribution >= 0.6 is 11.3 Å². The summed E-state index contributed by atoms with van der Waals surface area (Å²) in [5, 5.41) is 2.83. The van der Waals surface area contributed by atoms with Gasteiger partial charge in [-0.3, -0.25) is 5.73 Å². The standard InChI is InChI=1S/C23H28N2O2S/c1-16(2)12-13-27-20-10-6-18(7-11-20)21(22-15-28-23(24)25-22)14-17-4-8-19(26-3)9-5-17/h4-11,15-16,21H,12-14H2,1-3H3,(H2,24,25)/p+1. The molecule has 0 saturated heterocycles. The fraction of sp³-hybridized carbons (Fsp3) is 0.348. The van der Waals surface area contributed by atoms with Crippen molar-refractivity contribution in [1.82, 2.24) is 0 Å². The minimum Gasteiger partial charge on any atom is -0.497 e. The predicted octanol–water partition coefficient (Wildman–Crippen LogP) is 4.95. The van der Waals surface area contributed by atoms with Crippen molar-refractivity contribution >= 4 is 16.5 Å². The van der Waals surface area contributed by atoms with E-state index < -0.39 is 0 Å². The lowest BCUT2D eigenvalue weighted by Crippen LogP contribution is -2.17. The van der Waals surface area contributed by atoms with Crippen molar-refractivity contribution < 1.29 is 14.5 Å². The average Bonchev–Trinajstić information content (AvgIpc) is 3.13. The maximum atomic E-state index is 5.96. The van der Waals surface area contributed by atoms with Crippen LogP contribution in [0, 0.1) is 5.92 Å². The summed E-state index contributed by atoms with van der Waals surface area (Å²) in [6, 6.07) is 16.7. The van der Waals surface area contributed by atoms with E-state index in [2.05, 4.69) is 60.6 Å². The van der Waals surface area contributed by atoms with Crippen LogP contribution in [0.25, 0.3) is 0 Å². The number of aromatic nitrogens is 1. The molecule has 3 aromatic rings. The topological polar surface area (TPSA) is 58.6 Å². The Morgan fingerprint density at radius 2 is 1.68 bits per heavy atom. The van der Waals surface area contributed by atoms with E-state index in [9.17, 15) is 0 Å². The number of nitrogens with two attached hydrogens (primary N) is 1. The van der Waals surface area contributed by atoms with Gasteiger partial charge in [0.05, 0.1) is 19.6 Å². The van der Waals surface area contributed by atoms with E-state index in [0.717, 1.165) is 41.8 Å². The number of H-pyrrole nitrogens is 1. The van der Waals surface area contributed by atoms with Crippen molar-refractivity contribution in [1.29, 1.82) is 0 Å². The minimum atomic E-state index is 0.201. The van der Waals surface area contributed by atoms with Gasteiger partial charge in [-0.15, -0.1) is 0 Å². The number of aromatic amines is 1. The van der Waals surface area contributed by atoms with Crippen LogP contribution in [-0.2, 0) is 6.42 Å². The Morgan fingerprint density at radius 3 is 2.25 bits per heavy atom. The molecule has 0 spiro atoms. The Labute approximate surface area is 171 Å². The number of ether oxygens (including phenoxy) is 2. The van der Waals surface area contributed by atoms with E-state index in [1.54, 1.807) is 7.11 Å². The van der Waals surface area contributed by atoms with Gasteiger partial charge in [0.1, 0.15) is 17.2 Å². The zero-order valence-electron chi connectivity index (χ0n) is 16.8. The summed E-state index contributed by atoms with van der Waals surface area (Å²) < 4.78 is 11.1. The molecule has 0 radical (unpaired) electrons. The van der Waals surface area contributed by atoms with E-state index in [1.807, 2.05) is 12.1 Å². The molecule has 0 aliphatic heterocycles. The first-order chi connectivity index (χ1) is 13.5. The highest BCUT2D eigenvalue weighted by atomic mass is 32.1. The fourth-order valence-corrected chi connectivity index (χ4v) is 3.76. The maximum absolute atomic E-state index is 5.96. The Morgan fingerprint density at radius 1 is 1.00 bits per heavy atom. The summed E-state index contributed by atoms with van der Waals surface area (Å²) in [5.74, 6) is 2.63. The van der Waals surface area contributed by atoms with E-state index >= 15 is 0 Å². The number of rotatable bonds is 9. The molecule has 5 heteroatoms. The van der Waals surface area contributed by atoms with Gasteiger partial charge in [0.25, 0.3) is 0 Å². The maximum Gasteiger partial charge on any atom is 0.329 e. The molecule has 0 amide bonds. The van der Waals surface area contributed by atoms with Crippen molar-refractivity contribution in [3.63, 3.8) is 0 Å². The van der Waals surface area contributed by atoms with Crippen LogP contribution in [0.4, 0.5) is 5.13 Å². The molecule has 0 fully saturated rings. The highest BCUT2D eigenvalue weighted by Crippen LogP contribution is 2.30. The second-order valence-corrected chi connectivity index (χ2v) is 8.30. The molecule has 0 aliphatic rings. The molecule has 4 nitrogen and oxygen atoms in total. The highest BCUT2D eigenvalue weighted by molar-refractivity contribution is 7.13. The third kappa shape index (κ3) is 5.49. The number of hydrogen-bond donors (Lipinski definition) is 1. The molecule has 0 saturated carbocycles. The van der Waals surface area contributed by atoms with Gasteiger partial charge >= 0.3 is 5.13 Å². The molecular weight excluding hydrogens is 368 g/mol. The molecule has 3 rings (SSSR count). The van der Waals surface area contributed by atoms with Gasteiger partial charge in [-0.25, -0.2) is 4.98 Å². The number of benzene rings is 2. The van der Waals surface area contributed by atoms with Crippen LogP contribution in [-0.4, -0.2) is 13.7 Å². The average molecular weight is 398 g/mol. The van der Waals surface area contributed by atoms with Crippen LogP contribution in [0.15, 0.2) is 53.9 Å². The Kier molecular flexibility index (Phi) is 6.93. The van der Waals surface area contributed by atoms with Crippen molar-refractivity contribution in [3.05, 3.63) is 70.7 Å². The summed E-state index contributed by atoms with van der Waals surface area (Å²) in [7, 11) is 1.69. The number of nitrogens with one attached hydrogen (secondary N) is 1. The van der Waals surface area contributed by atoms with Crippen LogP contribution in [0.5, 0.6) is 11.5 Å². The fourth-order valence-electron chi connectivity index (χ4n) is 3.11. The van der Waals surface area contributed by atoms with E-state index in [4.69, 9.17) is 15.2 Å². The van der Waals surface area contributed by atoms with Crippen molar-refractivity contribution in [2.45, 2.75) is 32.6 Å². The monoisotopic (exact) mass is 397 g/mol. The van der Waals surface area contributed by atoms with E-state index in [1.165, 1.54) is 22.5 Å². The molecule has 0 bridgehead atoms. The lowest BCUT2D eigenvalue weighted by Gasteiger charge is -2.16. The van der Waals surface area contributed by atoms with Crippen molar-refractivity contribution in [2.24, 2.45) is 5.92 Å². The van der Waals surface area contributed by atoms with Gasteiger partial charge in [-0.1, -0.05) is 49.4 Å². The third-order valence-corrected chi connectivity index (χ3v) is 5.53. The number of nitrogen functional groups attached to an aromatic ring is 1. The van der Waals surface area contributed by atoms with Gasteiger partial charge in [0.2, 0.25) is 0 Å². The first-order valence-corrected chi connectivity index (χ1v) is 10.5. The van der Waals surface area contributed by atoms with Gasteiger partial charge in [0, 0.05) is 5.38 Å². The van der Waals surface area contributed by atoms with Crippen LogP contribution in [0.1, 0.15) is 43.0 Å². The lowest BCUT2D eigenvalue weighted by atomic mass is 9.89. The van der Waals surface area contributed by atoms with Crippen LogP contribution in [0.2, 0.25) is 0 Å². The molecule has 28 heavy (non-hydrogen) atoms. The third-order valence-electron chi connectivity index (χ3n) is 4.80. The van der Waals surface area contributed by atoms with E-state index in [-0.39, 0.29) is 5.92 Å². The SMILES string of the molecule is COc1ccc(CC(c2ccc(OCCC(C)C)cc2)c2csc(N)[nH+]2)cc1. The zero-order valence-corrected chi connectivity index (χ0v) is 17.6. The zero-order chi connectivity index (χ0) is 19.9. The Balaban J connectivity index is 1.78. The number of hydrogen-bond acceptors (Lipinski definition) is 4. The van der Waals surface area contributed by atoms with Gasteiger partial charge in [-0.2, -0.15) is 0 Å². The van der Waals surface area contributed by atoms with Crippen molar-refractivity contribution in [3.8, 4) is 11.5 Å². The summed E-state index contributed by atoms with van der Waals surface area (Å²) in [4.78, 5) is 3.32. The number of anilines is 1. The summed E-state index contributed by atoms with van der Waals surface area (Å²) in [6.07, 6.45) is 1.94. The van der Waals surface area contributed by atoms with E-state index in [0.29, 0.717) is 5.92 Å². The largest absolute Gasteiger partial charge is 0.497 e. The van der Waals surface area contributed by atoms with Crippen LogP contribution < -0.4 is 20.2 Å². The Bertz CT molecular complexity index is 857. The molecule has 148 valence electrons. The summed E-state index contributed by atoms with van der Waals surface area (Å²) in [5.41, 5.74) is 9.58. The molecular formula is C23H29N2O2S+. The first-order valence-electron chi connectivity index (χ1n) is 9.67. The lowest BCUT2D eigenvalue weighted by molar-refractivity contribution is -0.368. The summed E-state index contributed by atoms with van der Waals surface area (Å²) in [6.45, 7) is 5.17. The minimum absolute atomic E-state index is 0.201. The molecule has 1 unspecified atom stereocenters. The van der Waals surface area contributed by atoms with Gasteiger partial charge in [-0.05, 0) is 54.2 Å². The number of thiazole rings is 1. The number of methoxy groups -OCH3 is 1. The molecule has 1 heterocycles. The quantitative estimate of drug-likeness (QED) is 0.556.